The van der Waals surface area contributed by atoms with Gasteiger partial charge in [0, 0.05) is 6.04 Å². The van der Waals surface area contributed by atoms with Crippen LogP contribution in [-0.4, -0.2) is 24.5 Å². The third-order valence-corrected chi connectivity index (χ3v) is 8.19. The van der Waals surface area contributed by atoms with E-state index in [-0.39, 0.29) is 24.0 Å². The molecule has 0 saturated heterocycles. The summed E-state index contributed by atoms with van der Waals surface area (Å²) in [6, 6.07) is 17.7. The summed E-state index contributed by atoms with van der Waals surface area (Å²) in [5.74, 6) is 1.91. The molecule has 4 aliphatic carbocycles. The lowest BCUT2D eigenvalue weighted by Crippen LogP contribution is -2.56. The molecule has 4 nitrogen and oxygen atoms in total. The van der Waals surface area contributed by atoms with Gasteiger partial charge in [-0.15, -0.1) is 0 Å². The Morgan fingerprint density at radius 2 is 1.53 bits per heavy atom. The molecule has 4 bridgehead atoms. The molecule has 4 heteroatoms. The van der Waals surface area contributed by atoms with Crippen molar-refractivity contribution < 1.29 is 14.3 Å². The standard InChI is InChI=1S/C28H33NO3/c1-19(28-15-21-11-22(16-28)13-23(12-21)17-28)29-26(30)18-32-27(31)25-10-6-5-9-24(25)14-20-7-3-2-4-8-20/h2-10,19,21-23H,11-18H2,1H3,(H,29,30)/t19-,21?,22?,23?,28?/m0/s1. The van der Waals surface area contributed by atoms with E-state index in [0.717, 1.165) is 28.9 Å². The first kappa shape index (κ1) is 21.2. The Kier molecular flexibility index (Phi) is 5.79. The molecule has 0 heterocycles. The molecule has 0 spiro atoms. The van der Waals surface area contributed by atoms with Gasteiger partial charge in [-0.05, 0) is 92.2 Å². The van der Waals surface area contributed by atoms with Crippen LogP contribution in [0, 0.1) is 23.2 Å². The topological polar surface area (TPSA) is 55.4 Å². The largest absolute Gasteiger partial charge is 0.452 e. The zero-order valence-electron chi connectivity index (χ0n) is 18.9. The monoisotopic (exact) mass is 431 g/mol. The van der Waals surface area contributed by atoms with Gasteiger partial charge in [0.2, 0.25) is 0 Å². The van der Waals surface area contributed by atoms with Crippen LogP contribution in [-0.2, 0) is 16.0 Å². The van der Waals surface area contributed by atoms with Gasteiger partial charge in [0.15, 0.2) is 6.61 Å². The number of hydrogen-bond donors (Lipinski definition) is 1. The van der Waals surface area contributed by atoms with Gasteiger partial charge in [0.05, 0.1) is 5.56 Å². The first-order valence-corrected chi connectivity index (χ1v) is 12.1. The number of amides is 1. The number of rotatable bonds is 7. The number of ether oxygens (including phenoxy) is 1. The summed E-state index contributed by atoms with van der Waals surface area (Å²) in [4.78, 5) is 25.4. The molecule has 0 aromatic heterocycles. The third-order valence-electron chi connectivity index (χ3n) is 8.19. The molecule has 2 aromatic carbocycles. The highest BCUT2D eigenvalue weighted by Crippen LogP contribution is 2.61. The third kappa shape index (κ3) is 4.32. The van der Waals surface area contributed by atoms with Crippen LogP contribution in [0.1, 0.15) is 66.9 Å². The molecule has 4 aliphatic rings. The van der Waals surface area contributed by atoms with Gasteiger partial charge in [0.25, 0.3) is 5.91 Å². The quantitative estimate of drug-likeness (QED) is 0.617. The molecular formula is C28H33NO3. The fourth-order valence-corrected chi connectivity index (χ4v) is 7.04. The summed E-state index contributed by atoms with van der Waals surface area (Å²) in [5.41, 5.74) is 2.82. The number of hydrogen-bond acceptors (Lipinski definition) is 3. The lowest BCUT2D eigenvalue weighted by Gasteiger charge is -2.59. The number of esters is 1. The van der Waals surface area contributed by atoms with Crippen molar-refractivity contribution >= 4 is 11.9 Å². The van der Waals surface area contributed by atoms with Gasteiger partial charge in [-0.2, -0.15) is 0 Å². The molecule has 0 aliphatic heterocycles. The Balaban J connectivity index is 1.18. The van der Waals surface area contributed by atoms with Crippen molar-refractivity contribution in [1.29, 1.82) is 0 Å². The van der Waals surface area contributed by atoms with E-state index in [2.05, 4.69) is 12.2 Å². The van der Waals surface area contributed by atoms with Gasteiger partial charge in [-0.25, -0.2) is 4.79 Å². The molecule has 1 N–H and O–H groups in total. The molecule has 1 amide bonds. The lowest BCUT2D eigenvalue weighted by molar-refractivity contribution is -0.128. The van der Waals surface area contributed by atoms with E-state index in [1.807, 2.05) is 48.5 Å². The highest BCUT2D eigenvalue weighted by molar-refractivity contribution is 5.92. The fourth-order valence-electron chi connectivity index (χ4n) is 7.04. The summed E-state index contributed by atoms with van der Waals surface area (Å²) in [6.45, 7) is 1.93. The van der Waals surface area contributed by atoms with Crippen molar-refractivity contribution in [3.63, 3.8) is 0 Å². The normalized spacial score (nSPS) is 28.8. The van der Waals surface area contributed by atoms with Crippen LogP contribution >= 0.6 is 0 Å². The van der Waals surface area contributed by atoms with Crippen molar-refractivity contribution in [2.75, 3.05) is 6.61 Å². The van der Waals surface area contributed by atoms with Crippen LogP contribution in [0.4, 0.5) is 0 Å². The van der Waals surface area contributed by atoms with Gasteiger partial charge in [-0.1, -0.05) is 48.5 Å². The second-order valence-electron chi connectivity index (χ2n) is 10.5. The maximum atomic E-state index is 12.8. The van der Waals surface area contributed by atoms with E-state index >= 15 is 0 Å². The number of carbonyl (C=O) groups is 2. The van der Waals surface area contributed by atoms with Crippen molar-refractivity contribution in [3.05, 3.63) is 71.3 Å². The van der Waals surface area contributed by atoms with Crippen molar-refractivity contribution in [3.8, 4) is 0 Å². The van der Waals surface area contributed by atoms with Gasteiger partial charge in [0.1, 0.15) is 0 Å². The van der Waals surface area contributed by atoms with Crippen LogP contribution in [0.3, 0.4) is 0 Å². The summed E-state index contributed by atoms with van der Waals surface area (Å²) in [7, 11) is 0. The summed E-state index contributed by atoms with van der Waals surface area (Å²) < 4.78 is 5.44. The molecule has 4 saturated carbocycles. The first-order chi connectivity index (χ1) is 15.5. The summed E-state index contributed by atoms with van der Waals surface area (Å²) in [5, 5.41) is 3.18. The molecule has 32 heavy (non-hydrogen) atoms. The number of carbonyl (C=O) groups excluding carboxylic acids is 2. The van der Waals surface area contributed by atoms with Crippen LogP contribution < -0.4 is 5.32 Å². The molecule has 6 rings (SSSR count). The lowest BCUT2D eigenvalue weighted by atomic mass is 9.48. The van der Waals surface area contributed by atoms with E-state index in [0.29, 0.717) is 12.0 Å². The van der Waals surface area contributed by atoms with Crippen molar-refractivity contribution in [2.24, 2.45) is 23.2 Å². The van der Waals surface area contributed by atoms with Crippen molar-refractivity contribution in [2.45, 2.75) is 57.9 Å². The van der Waals surface area contributed by atoms with E-state index in [1.165, 1.54) is 38.5 Å². The second-order valence-corrected chi connectivity index (χ2v) is 10.5. The predicted molar refractivity (Wildman–Crippen MR) is 124 cm³/mol. The average molecular weight is 432 g/mol. The average Bonchev–Trinajstić information content (AvgIpc) is 2.77. The molecule has 2 aromatic rings. The zero-order valence-corrected chi connectivity index (χ0v) is 18.9. The minimum absolute atomic E-state index is 0.132. The van der Waals surface area contributed by atoms with Crippen LogP contribution in [0.5, 0.6) is 0 Å². The fraction of sp³-hybridized carbons (Fsp3) is 0.500. The Morgan fingerprint density at radius 1 is 0.938 bits per heavy atom. The molecule has 4 fully saturated rings. The Hall–Kier alpha value is -2.62. The molecular weight excluding hydrogens is 398 g/mol. The highest BCUT2D eigenvalue weighted by Gasteiger charge is 2.53. The first-order valence-electron chi connectivity index (χ1n) is 12.1. The molecule has 0 unspecified atom stereocenters. The molecule has 1 atom stereocenters. The van der Waals surface area contributed by atoms with Crippen LogP contribution in [0.2, 0.25) is 0 Å². The number of nitrogens with one attached hydrogen (secondary N) is 1. The Labute approximate surface area is 190 Å². The minimum Gasteiger partial charge on any atom is -0.452 e. The van der Waals surface area contributed by atoms with Crippen LogP contribution in [0.15, 0.2) is 54.6 Å². The van der Waals surface area contributed by atoms with E-state index in [1.54, 1.807) is 6.07 Å². The van der Waals surface area contributed by atoms with E-state index < -0.39 is 5.97 Å². The maximum absolute atomic E-state index is 12.8. The van der Waals surface area contributed by atoms with Gasteiger partial charge < -0.3 is 10.1 Å². The summed E-state index contributed by atoms with van der Waals surface area (Å²) in [6.07, 6.45) is 8.55. The minimum atomic E-state index is -0.436. The van der Waals surface area contributed by atoms with Gasteiger partial charge >= 0.3 is 5.97 Å². The number of benzene rings is 2. The van der Waals surface area contributed by atoms with Gasteiger partial charge in [-0.3, -0.25) is 4.79 Å². The maximum Gasteiger partial charge on any atom is 0.338 e. The summed E-state index contributed by atoms with van der Waals surface area (Å²) >= 11 is 0. The van der Waals surface area contributed by atoms with Crippen molar-refractivity contribution in [1.82, 2.24) is 5.32 Å². The Morgan fingerprint density at radius 3 is 2.19 bits per heavy atom. The second kappa shape index (κ2) is 8.73. The smallest absolute Gasteiger partial charge is 0.338 e. The SMILES string of the molecule is C[C@H](NC(=O)COC(=O)c1ccccc1Cc1ccccc1)C12CC3CC(CC(C3)C1)C2. The predicted octanol–water partition coefficient (Wildman–Crippen LogP) is 5.16. The molecule has 168 valence electrons. The van der Waals surface area contributed by atoms with E-state index in [9.17, 15) is 9.59 Å². The molecule has 0 radical (unpaired) electrons. The Bertz CT molecular complexity index is 948. The van der Waals surface area contributed by atoms with Crippen LogP contribution in [0.25, 0.3) is 0 Å². The zero-order chi connectivity index (χ0) is 22.1. The van der Waals surface area contributed by atoms with E-state index in [4.69, 9.17) is 4.74 Å². The highest BCUT2D eigenvalue weighted by atomic mass is 16.5.